The molecule has 3 fully saturated rings. The average Bonchev–Trinajstić information content (AvgIpc) is 2.91. The maximum Gasteiger partial charge on any atom is 0.339 e. The number of allylic oxidation sites excluding steroid dienone is 1. The van der Waals surface area contributed by atoms with Crippen LogP contribution in [0.25, 0.3) is 0 Å². The Morgan fingerprint density at radius 2 is 1.77 bits per heavy atom. The van der Waals surface area contributed by atoms with E-state index in [-0.39, 0.29) is 16.6 Å². The first-order valence-electron chi connectivity index (χ1n) is 10.0. The molecule has 0 saturated heterocycles. The van der Waals surface area contributed by atoms with Gasteiger partial charge in [0.15, 0.2) is 5.78 Å². The second-order valence-corrected chi connectivity index (χ2v) is 9.64. The zero-order chi connectivity index (χ0) is 18.9. The molecule has 0 unspecified atom stereocenters. The van der Waals surface area contributed by atoms with Gasteiger partial charge in [0.2, 0.25) is 5.78 Å². The van der Waals surface area contributed by atoms with E-state index in [1.54, 1.807) is 0 Å². The Hall–Kier alpha value is -1.04. The number of hydrogen-bond donors (Lipinski definition) is 3. The lowest BCUT2D eigenvalue weighted by Gasteiger charge is -2.58. The summed E-state index contributed by atoms with van der Waals surface area (Å²) in [6, 6.07) is 0. The molecule has 0 bridgehead atoms. The summed E-state index contributed by atoms with van der Waals surface area (Å²) >= 11 is 0. The Morgan fingerprint density at radius 1 is 1.04 bits per heavy atom. The zero-order valence-electron chi connectivity index (χ0n) is 15.7. The van der Waals surface area contributed by atoms with Crippen LogP contribution >= 0.6 is 0 Å². The van der Waals surface area contributed by atoms with Gasteiger partial charge in [0.25, 0.3) is 0 Å². The molecule has 4 aliphatic rings. The SMILES string of the molecule is C[C@]12CC[C@H]3[C@@H](CCC4=CC(=O)CC[C@@]43C)[C@@H]1CC[C@@H]2C(=O)C(O)(O)O. The van der Waals surface area contributed by atoms with Crippen molar-refractivity contribution in [3.05, 3.63) is 11.6 Å². The number of fused-ring (bicyclic) bond motifs is 5. The smallest absolute Gasteiger partial charge is 0.337 e. The quantitative estimate of drug-likeness (QED) is 0.656. The molecule has 5 nitrogen and oxygen atoms in total. The summed E-state index contributed by atoms with van der Waals surface area (Å²) < 4.78 is 0. The van der Waals surface area contributed by atoms with Gasteiger partial charge < -0.3 is 15.3 Å². The normalized spacial score (nSPS) is 45.4. The standard InChI is InChI=1S/C21H30O5/c1-19-9-7-13(22)11-12(19)3-4-14-15-5-6-17(18(23)21(24,25)26)20(15,2)10-8-16(14)19/h11,14-17,24-26H,3-10H2,1-2H3/t14-,15-,16-,17+,19-,20-/m0/s1. The van der Waals surface area contributed by atoms with Crippen molar-refractivity contribution in [2.75, 3.05) is 0 Å². The highest BCUT2D eigenvalue weighted by molar-refractivity contribution is 5.91. The number of rotatable bonds is 2. The Bertz CT molecular complexity index is 674. The Balaban J connectivity index is 1.63. The second-order valence-electron chi connectivity index (χ2n) is 9.64. The minimum absolute atomic E-state index is 0.0922. The second kappa shape index (κ2) is 5.73. The molecule has 0 radical (unpaired) electrons. The van der Waals surface area contributed by atoms with Crippen LogP contribution in [0.4, 0.5) is 0 Å². The fraction of sp³-hybridized carbons (Fsp3) is 0.810. The number of hydrogen-bond acceptors (Lipinski definition) is 5. The van der Waals surface area contributed by atoms with Crippen molar-refractivity contribution in [2.24, 2.45) is 34.5 Å². The van der Waals surface area contributed by atoms with E-state index in [1.165, 1.54) is 5.57 Å². The number of carbonyl (C=O) groups is 2. The molecule has 5 heteroatoms. The lowest BCUT2D eigenvalue weighted by atomic mass is 9.46. The van der Waals surface area contributed by atoms with Crippen LogP contribution in [0.1, 0.15) is 65.2 Å². The molecule has 4 rings (SSSR count). The van der Waals surface area contributed by atoms with Crippen molar-refractivity contribution in [2.45, 2.75) is 71.2 Å². The number of aliphatic hydroxyl groups is 3. The van der Waals surface area contributed by atoms with Gasteiger partial charge in [-0.2, -0.15) is 0 Å². The molecule has 3 saturated carbocycles. The number of ketones is 2. The van der Waals surface area contributed by atoms with Crippen LogP contribution in [0.2, 0.25) is 0 Å². The van der Waals surface area contributed by atoms with E-state index >= 15 is 0 Å². The van der Waals surface area contributed by atoms with Gasteiger partial charge in [-0.3, -0.25) is 9.59 Å². The summed E-state index contributed by atoms with van der Waals surface area (Å²) in [4.78, 5) is 24.3. The van der Waals surface area contributed by atoms with Crippen LogP contribution < -0.4 is 0 Å². The van der Waals surface area contributed by atoms with Crippen LogP contribution in [-0.4, -0.2) is 32.9 Å². The van der Waals surface area contributed by atoms with Crippen molar-refractivity contribution >= 4 is 11.6 Å². The van der Waals surface area contributed by atoms with Gasteiger partial charge in [-0.25, -0.2) is 0 Å². The van der Waals surface area contributed by atoms with E-state index in [0.717, 1.165) is 38.5 Å². The third-order valence-electron chi connectivity index (χ3n) is 8.61. The molecular formula is C21H30O5. The first-order chi connectivity index (χ1) is 12.1. The lowest BCUT2D eigenvalue weighted by Crippen LogP contribution is -2.53. The highest BCUT2D eigenvalue weighted by Gasteiger charge is 2.61. The largest absolute Gasteiger partial charge is 0.339 e. The molecule has 0 spiro atoms. The van der Waals surface area contributed by atoms with Crippen molar-refractivity contribution in [1.29, 1.82) is 0 Å². The van der Waals surface area contributed by atoms with Crippen LogP contribution in [0.15, 0.2) is 11.6 Å². The van der Waals surface area contributed by atoms with Gasteiger partial charge in [-0.1, -0.05) is 19.4 Å². The Labute approximate surface area is 154 Å². The molecule has 0 aromatic rings. The van der Waals surface area contributed by atoms with Crippen LogP contribution in [0.3, 0.4) is 0 Å². The topological polar surface area (TPSA) is 94.8 Å². The molecule has 0 aromatic carbocycles. The Morgan fingerprint density at radius 3 is 2.46 bits per heavy atom. The molecule has 4 aliphatic carbocycles. The van der Waals surface area contributed by atoms with Gasteiger partial charge >= 0.3 is 5.97 Å². The molecule has 0 heterocycles. The number of carbonyl (C=O) groups excluding carboxylic acids is 2. The first-order valence-corrected chi connectivity index (χ1v) is 10.0. The number of Topliss-reactive ketones (excluding diaryl/α,β-unsaturated/α-hetero) is 1. The van der Waals surface area contributed by atoms with Crippen LogP contribution in [0, 0.1) is 34.5 Å². The van der Waals surface area contributed by atoms with Crippen molar-refractivity contribution < 1.29 is 24.9 Å². The van der Waals surface area contributed by atoms with Gasteiger partial charge in [0.05, 0.1) is 0 Å². The van der Waals surface area contributed by atoms with E-state index in [0.29, 0.717) is 30.6 Å². The summed E-state index contributed by atoms with van der Waals surface area (Å²) in [5.74, 6) is -2.89. The van der Waals surface area contributed by atoms with Gasteiger partial charge in [0, 0.05) is 12.3 Å². The van der Waals surface area contributed by atoms with Crippen molar-refractivity contribution in [1.82, 2.24) is 0 Å². The Kier molecular flexibility index (Phi) is 4.04. The maximum absolute atomic E-state index is 12.4. The average molecular weight is 362 g/mol. The summed E-state index contributed by atoms with van der Waals surface area (Å²) in [5.41, 5.74) is 1.14. The predicted molar refractivity (Wildman–Crippen MR) is 94.6 cm³/mol. The van der Waals surface area contributed by atoms with E-state index in [2.05, 4.69) is 13.8 Å². The molecular weight excluding hydrogens is 332 g/mol. The molecule has 6 atom stereocenters. The third-order valence-corrected chi connectivity index (χ3v) is 8.61. The lowest BCUT2D eigenvalue weighted by molar-refractivity contribution is -0.291. The van der Waals surface area contributed by atoms with Gasteiger partial charge in [-0.05, 0) is 79.6 Å². The van der Waals surface area contributed by atoms with Gasteiger partial charge in [0.1, 0.15) is 0 Å². The van der Waals surface area contributed by atoms with E-state index in [4.69, 9.17) is 0 Å². The fourth-order valence-corrected chi connectivity index (χ4v) is 7.22. The molecule has 0 aliphatic heterocycles. The monoisotopic (exact) mass is 362 g/mol. The van der Waals surface area contributed by atoms with Crippen molar-refractivity contribution in [3.63, 3.8) is 0 Å². The minimum Gasteiger partial charge on any atom is -0.337 e. The van der Waals surface area contributed by atoms with Gasteiger partial charge in [-0.15, -0.1) is 0 Å². The summed E-state index contributed by atoms with van der Waals surface area (Å²) in [6.45, 7) is 4.43. The third kappa shape index (κ3) is 2.47. The fourth-order valence-electron chi connectivity index (χ4n) is 7.22. The van der Waals surface area contributed by atoms with Crippen LogP contribution in [-0.2, 0) is 9.59 Å². The predicted octanol–water partition coefficient (Wildman–Crippen LogP) is 2.33. The van der Waals surface area contributed by atoms with E-state index < -0.39 is 17.7 Å². The molecule has 0 amide bonds. The molecule has 3 N–H and O–H groups in total. The summed E-state index contributed by atoms with van der Waals surface area (Å²) in [6.07, 6.45) is 8.84. The van der Waals surface area contributed by atoms with E-state index in [9.17, 15) is 24.9 Å². The van der Waals surface area contributed by atoms with Crippen molar-refractivity contribution in [3.8, 4) is 0 Å². The molecule has 144 valence electrons. The molecule has 0 aromatic heterocycles. The minimum atomic E-state index is -3.22. The maximum atomic E-state index is 12.4. The van der Waals surface area contributed by atoms with Crippen LogP contribution in [0.5, 0.6) is 0 Å². The molecule has 26 heavy (non-hydrogen) atoms. The zero-order valence-corrected chi connectivity index (χ0v) is 15.7. The highest BCUT2D eigenvalue weighted by Crippen LogP contribution is 2.66. The highest BCUT2D eigenvalue weighted by atomic mass is 16.7. The first kappa shape index (κ1) is 18.3. The summed E-state index contributed by atoms with van der Waals surface area (Å²) in [5, 5.41) is 28.3. The van der Waals surface area contributed by atoms with E-state index in [1.807, 2.05) is 6.08 Å². The summed E-state index contributed by atoms with van der Waals surface area (Å²) in [7, 11) is 0.